The molecule has 3 heteroatoms. The number of benzene rings is 1. The molecule has 0 aliphatic rings. The maximum absolute atomic E-state index is 10.1. The predicted octanol–water partition coefficient (Wildman–Crippen LogP) is 3.80. The molecule has 0 amide bonds. The molecule has 1 aromatic carbocycles. The van der Waals surface area contributed by atoms with Gasteiger partial charge in [0.25, 0.3) is 0 Å². The van der Waals surface area contributed by atoms with Crippen LogP contribution in [0.1, 0.15) is 63.5 Å². The Balaban J connectivity index is 2.67. The van der Waals surface area contributed by atoms with E-state index in [9.17, 15) is 10.2 Å². The first kappa shape index (κ1) is 18.0. The largest absolute Gasteiger partial charge is 0.494 e. The molecule has 1 rings (SSSR count). The monoisotopic (exact) mass is 294 g/mol. The Labute approximate surface area is 129 Å². The molecule has 0 saturated heterocycles. The van der Waals surface area contributed by atoms with E-state index in [-0.39, 0.29) is 5.92 Å². The molecule has 0 saturated carbocycles. The van der Waals surface area contributed by atoms with Gasteiger partial charge in [0.1, 0.15) is 5.75 Å². The summed E-state index contributed by atoms with van der Waals surface area (Å²) < 4.78 is 5.63. The van der Waals surface area contributed by atoms with Crippen molar-refractivity contribution in [2.75, 3.05) is 6.61 Å². The lowest BCUT2D eigenvalue weighted by atomic mass is 9.89. The summed E-state index contributed by atoms with van der Waals surface area (Å²) in [6.45, 7) is 9.00. The number of hydrogen-bond donors (Lipinski definition) is 2. The highest BCUT2D eigenvalue weighted by Gasteiger charge is 2.20. The van der Waals surface area contributed by atoms with E-state index in [1.807, 2.05) is 13.0 Å². The van der Waals surface area contributed by atoms with Gasteiger partial charge in [0.15, 0.2) is 0 Å². The van der Waals surface area contributed by atoms with Crippen LogP contribution in [-0.2, 0) is 0 Å². The minimum atomic E-state index is -0.657. The van der Waals surface area contributed by atoms with Gasteiger partial charge in [-0.3, -0.25) is 0 Å². The van der Waals surface area contributed by atoms with Crippen LogP contribution in [0.2, 0.25) is 0 Å². The van der Waals surface area contributed by atoms with Gasteiger partial charge in [0.05, 0.1) is 18.8 Å². The zero-order valence-electron chi connectivity index (χ0n) is 13.8. The topological polar surface area (TPSA) is 49.7 Å². The number of ether oxygens (including phenoxy) is 1. The smallest absolute Gasteiger partial charge is 0.119 e. The highest BCUT2D eigenvalue weighted by molar-refractivity contribution is 5.36. The van der Waals surface area contributed by atoms with Crippen LogP contribution >= 0.6 is 0 Å². The Morgan fingerprint density at radius 2 is 1.81 bits per heavy atom. The van der Waals surface area contributed by atoms with Crippen molar-refractivity contribution in [2.45, 2.75) is 71.5 Å². The third-order valence-corrected chi connectivity index (χ3v) is 3.87. The predicted molar refractivity (Wildman–Crippen MR) is 86.9 cm³/mol. The first-order valence-electron chi connectivity index (χ1n) is 8.09. The lowest BCUT2D eigenvalue weighted by Crippen LogP contribution is -2.27. The molecular weight excluding hydrogens is 264 g/mol. The summed E-state index contributed by atoms with van der Waals surface area (Å²) in [5.41, 5.74) is 2.38. The van der Waals surface area contributed by atoms with Crippen LogP contribution in [0.25, 0.3) is 0 Å². The van der Waals surface area contributed by atoms with Crippen LogP contribution in [0.4, 0.5) is 0 Å². The Kier molecular flexibility index (Phi) is 7.76. The third-order valence-electron chi connectivity index (χ3n) is 3.87. The van der Waals surface area contributed by atoms with E-state index < -0.39 is 12.2 Å². The van der Waals surface area contributed by atoms with Crippen molar-refractivity contribution >= 4 is 0 Å². The molecule has 0 bridgehead atoms. The third kappa shape index (κ3) is 5.68. The van der Waals surface area contributed by atoms with Crippen molar-refractivity contribution in [3.05, 3.63) is 29.3 Å². The fraction of sp³-hybridized carbons (Fsp3) is 0.667. The van der Waals surface area contributed by atoms with Crippen molar-refractivity contribution in [1.82, 2.24) is 0 Å². The summed E-state index contributed by atoms with van der Waals surface area (Å²) in [7, 11) is 0. The molecule has 0 heterocycles. The summed E-state index contributed by atoms with van der Waals surface area (Å²) >= 11 is 0. The van der Waals surface area contributed by atoms with Crippen molar-refractivity contribution in [3.8, 4) is 5.75 Å². The van der Waals surface area contributed by atoms with Gasteiger partial charge >= 0.3 is 0 Å². The first-order valence-corrected chi connectivity index (χ1v) is 8.09. The van der Waals surface area contributed by atoms with Crippen molar-refractivity contribution in [1.29, 1.82) is 0 Å². The lowest BCUT2D eigenvalue weighted by molar-refractivity contribution is 0.00635. The van der Waals surface area contributed by atoms with E-state index in [2.05, 4.69) is 32.9 Å². The van der Waals surface area contributed by atoms with Crippen LogP contribution in [0.5, 0.6) is 5.75 Å². The van der Waals surface area contributed by atoms with Crippen LogP contribution in [-0.4, -0.2) is 29.0 Å². The van der Waals surface area contributed by atoms with Crippen LogP contribution < -0.4 is 4.74 Å². The number of aryl methyl sites for hydroxylation is 1. The fourth-order valence-corrected chi connectivity index (χ4v) is 2.65. The zero-order chi connectivity index (χ0) is 15.8. The van der Waals surface area contributed by atoms with Gasteiger partial charge in [-0.1, -0.05) is 33.3 Å². The van der Waals surface area contributed by atoms with Crippen LogP contribution in [0.3, 0.4) is 0 Å². The maximum Gasteiger partial charge on any atom is 0.119 e. The van der Waals surface area contributed by atoms with E-state index in [4.69, 9.17) is 4.74 Å². The zero-order valence-corrected chi connectivity index (χ0v) is 13.8. The lowest BCUT2D eigenvalue weighted by Gasteiger charge is -2.22. The van der Waals surface area contributed by atoms with Gasteiger partial charge in [0, 0.05) is 0 Å². The molecule has 0 spiro atoms. The Bertz CT molecular complexity index is 417. The fourth-order valence-electron chi connectivity index (χ4n) is 2.65. The molecule has 120 valence electrons. The summed E-state index contributed by atoms with van der Waals surface area (Å²) in [5.74, 6) is 1.11. The van der Waals surface area contributed by atoms with E-state index in [1.54, 1.807) is 0 Å². The second-order valence-corrected chi connectivity index (χ2v) is 5.93. The molecule has 3 nitrogen and oxygen atoms in total. The van der Waals surface area contributed by atoms with Crippen molar-refractivity contribution < 1.29 is 14.9 Å². The van der Waals surface area contributed by atoms with Crippen LogP contribution in [0, 0.1) is 6.92 Å². The van der Waals surface area contributed by atoms with E-state index in [0.717, 1.165) is 25.2 Å². The highest BCUT2D eigenvalue weighted by atomic mass is 16.5. The molecule has 0 fully saturated rings. The van der Waals surface area contributed by atoms with E-state index in [0.29, 0.717) is 12.8 Å². The number of hydrogen-bond acceptors (Lipinski definition) is 3. The van der Waals surface area contributed by atoms with Gasteiger partial charge in [-0.05, 0) is 55.4 Å². The molecule has 0 aliphatic carbocycles. The van der Waals surface area contributed by atoms with Crippen molar-refractivity contribution in [2.24, 2.45) is 0 Å². The number of rotatable bonds is 9. The standard InChI is InChI=1S/C18H30O3/c1-5-7-17(19)18(20)12-14(4)16-9-8-15(11-13(16)3)21-10-6-2/h8-9,11,14,17-20H,5-7,10,12H2,1-4H3. The molecule has 0 aliphatic heterocycles. The summed E-state index contributed by atoms with van der Waals surface area (Å²) in [5, 5.41) is 19.9. The number of aliphatic hydroxyl groups excluding tert-OH is 2. The number of aliphatic hydroxyl groups is 2. The minimum Gasteiger partial charge on any atom is -0.494 e. The van der Waals surface area contributed by atoms with Gasteiger partial charge in [0.2, 0.25) is 0 Å². The van der Waals surface area contributed by atoms with Gasteiger partial charge in [-0.25, -0.2) is 0 Å². The highest BCUT2D eigenvalue weighted by Crippen LogP contribution is 2.28. The molecule has 2 N–H and O–H groups in total. The van der Waals surface area contributed by atoms with Crippen molar-refractivity contribution in [3.63, 3.8) is 0 Å². The summed E-state index contributed by atoms with van der Waals surface area (Å²) in [4.78, 5) is 0. The quantitative estimate of drug-likeness (QED) is 0.728. The molecule has 3 atom stereocenters. The molecule has 0 aromatic heterocycles. The maximum atomic E-state index is 10.1. The average molecular weight is 294 g/mol. The Morgan fingerprint density at radius 3 is 2.38 bits per heavy atom. The summed E-state index contributed by atoms with van der Waals surface area (Å²) in [6, 6.07) is 6.11. The summed E-state index contributed by atoms with van der Waals surface area (Å²) in [6.07, 6.45) is 1.84. The average Bonchev–Trinajstić information content (AvgIpc) is 2.45. The molecular formula is C18H30O3. The Morgan fingerprint density at radius 1 is 1.10 bits per heavy atom. The minimum absolute atomic E-state index is 0.215. The molecule has 0 radical (unpaired) electrons. The molecule has 3 unspecified atom stereocenters. The molecule has 1 aromatic rings. The van der Waals surface area contributed by atoms with Gasteiger partial charge in [-0.2, -0.15) is 0 Å². The van der Waals surface area contributed by atoms with Gasteiger partial charge < -0.3 is 14.9 Å². The second kappa shape index (κ2) is 9.06. The first-order chi connectivity index (χ1) is 9.99. The SMILES string of the molecule is CCCOc1ccc(C(C)CC(O)C(O)CCC)c(C)c1. The van der Waals surface area contributed by atoms with E-state index in [1.165, 1.54) is 11.1 Å². The van der Waals surface area contributed by atoms with Crippen LogP contribution in [0.15, 0.2) is 18.2 Å². The Hall–Kier alpha value is -1.06. The molecule has 21 heavy (non-hydrogen) atoms. The second-order valence-electron chi connectivity index (χ2n) is 5.93. The van der Waals surface area contributed by atoms with Gasteiger partial charge in [-0.15, -0.1) is 0 Å². The normalized spacial score (nSPS) is 15.5. The van der Waals surface area contributed by atoms with E-state index >= 15 is 0 Å².